The summed E-state index contributed by atoms with van der Waals surface area (Å²) in [5.41, 5.74) is 1.32. The number of hydrogen-bond acceptors (Lipinski definition) is 2. The van der Waals surface area contributed by atoms with Crippen LogP contribution in [0.15, 0.2) is 12.1 Å². The highest BCUT2D eigenvalue weighted by Crippen LogP contribution is 2.24. The largest absolute Gasteiger partial charge is 0.496 e. The minimum Gasteiger partial charge on any atom is -0.496 e. The highest BCUT2D eigenvalue weighted by Gasteiger charge is 2.10. The van der Waals surface area contributed by atoms with Crippen LogP contribution >= 0.6 is 0 Å². The van der Waals surface area contributed by atoms with Gasteiger partial charge in [0.05, 0.1) is 7.11 Å². The Labute approximate surface area is 93.9 Å². The van der Waals surface area contributed by atoms with Crippen molar-refractivity contribution in [1.29, 1.82) is 0 Å². The molecule has 0 aromatic heterocycles. The molecule has 0 radical (unpaired) electrons. The average molecular weight is 226 g/mol. The van der Waals surface area contributed by atoms with Gasteiger partial charge in [-0.15, -0.1) is 0 Å². The van der Waals surface area contributed by atoms with E-state index in [1.165, 1.54) is 13.2 Å². The third kappa shape index (κ3) is 2.95. The van der Waals surface area contributed by atoms with Crippen molar-refractivity contribution in [3.63, 3.8) is 0 Å². The third-order valence-electron chi connectivity index (χ3n) is 2.44. The molecular formula is C12H15FO3. The van der Waals surface area contributed by atoms with Gasteiger partial charge in [0, 0.05) is 12.5 Å². The molecular weight excluding hydrogens is 211 g/mol. The van der Waals surface area contributed by atoms with E-state index >= 15 is 0 Å². The summed E-state index contributed by atoms with van der Waals surface area (Å²) in [6, 6.07) is 2.99. The first kappa shape index (κ1) is 12.5. The monoisotopic (exact) mass is 226 g/mol. The lowest BCUT2D eigenvalue weighted by molar-refractivity contribution is -0.136. The summed E-state index contributed by atoms with van der Waals surface area (Å²) in [4.78, 5) is 10.5. The number of hydrogen-bond donors (Lipinski definition) is 1. The fraction of sp³-hybridized carbons (Fsp3) is 0.417. The van der Waals surface area contributed by atoms with Crippen LogP contribution in [-0.4, -0.2) is 18.2 Å². The molecule has 1 rings (SSSR count). The number of ether oxygens (including phenoxy) is 1. The first-order valence-electron chi connectivity index (χ1n) is 5.15. The zero-order valence-electron chi connectivity index (χ0n) is 9.42. The van der Waals surface area contributed by atoms with Crippen LogP contribution < -0.4 is 4.74 Å². The van der Waals surface area contributed by atoms with E-state index in [-0.39, 0.29) is 12.2 Å². The fourth-order valence-corrected chi connectivity index (χ4v) is 1.55. The Morgan fingerprint density at radius 3 is 2.62 bits per heavy atom. The van der Waals surface area contributed by atoms with E-state index in [9.17, 15) is 9.18 Å². The zero-order chi connectivity index (χ0) is 12.1. The maximum Gasteiger partial charge on any atom is 0.303 e. The number of carboxylic acid groups (broad SMARTS) is 1. The van der Waals surface area contributed by atoms with Crippen molar-refractivity contribution < 1.29 is 19.0 Å². The van der Waals surface area contributed by atoms with Gasteiger partial charge in [-0.05, 0) is 30.0 Å². The van der Waals surface area contributed by atoms with Gasteiger partial charge in [-0.3, -0.25) is 4.79 Å². The van der Waals surface area contributed by atoms with Gasteiger partial charge >= 0.3 is 5.97 Å². The van der Waals surface area contributed by atoms with Gasteiger partial charge in [0.15, 0.2) is 0 Å². The summed E-state index contributed by atoms with van der Waals surface area (Å²) in [7, 11) is 1.45. The number of benzene rings is 1. The summed E-state index contributed by atoms with van der Waals surface area (Å²) in [6.07, 6.45) is 0.951. The Kier molecular flexibility index (Phi) is 4.28. The lowest BCUT2D eigenvalue weighted by atomic mass is 10.0. The number of carbonyl (C=O) groups is 1. The zero-order valence-corrected chi connectivity index (χ0v) is 9.42. The molecule has 0 atom stereocenters. The van der Waals surface area contributed by atoms with Gasteiger partial charge in [0.1, 0.15) is 11.6 Å². The van der Waals surface area contributed by atoms with Gasteiger partial charge in [0.25, 0.3) is 0 Å². The SMILES string of the molecule is CCc1cc(CCC(=O)O)c(OC)cc1F. The number of halogens is 1. The summed E-state index contributed by atoms with van der Waals surface area (Å²) in [6.45, 7) is 1.85. The smallest absolute Gasteiger partial charge is 0.303 e. The molecule has 0 bridgehead atoms. The molecule has 0 fully saturated rings. The summed E-state index contributed by atoms with van der Waals surface area (Å²) < 4.78 is 18.4. The summed E-state index contributed by atoms with van der Waals surface area (Å²) >= 11 is 0. The van der Waals surface area contributed by atoms with E-state index in [1.807, 2.05) is 6.92 Å². The van der Waals surface area contributed by atoms with Crippen LogP contribution in [0.1, 0.15) is 24.5 Å². The van der Waals surface area contributed by atoms with Crippen LogP contribution in [-0.2, 0) is 17.6 Å². The average Bonchev–Trinajstić information content (AvgIpc) is 2.26. The van der Waals surface area contributed by atoms with Crippen molar-refractivity contribution in [1.82, 2.24) is 0 Å². The van der Waals surface area contributed by atoms with Crippen molar-refractivity contribution in [2.24, 2.45) is 0 Å². The third-order valence-corrected chi connectivity index (χ3v) is 2.44. The molecule has 1 N–H and O–H groups in total. The molecule has 0 aliphatic carbocycles. The van der Waals surface area contributed by atoms with Crippen molar-refractivity contribution >= 4 is 5.97 Å². The first-order chi connectivity index (χ1) is 7.58. The Hall–Kier alpha value is -1.58. The number of rotatable bonds is 5. The Balaban J connectivity index is 2.99. The normalized spacial score (nSPS) is 10.2. The number of aryl methyl sites for hydroxylation is 2. The van der Waals surface area contributed by atoms with Gasteiger partial charge in [-0.2, -0.15) is 0 Å². The molecule has 0 aliphatic rings. The van der Waals surface area contributed by atoms with Crippen molar-refractivity contribution in [3.05, 3.63) is 29.1 Å². The van der Waals surface area contributed by atoms with Crippen LogP contribution in [0.25, 0.3) is 0 Å². The van der Waals surface area contributed by atoms with Gasteiger partial charge < -0.3 is 9.84 Å². The highest BCUT2D eigenvalue weighted by molar-refractivity contribution is 5.67. The topological polar surface area (TPSA) is 46.5 Å². The Bertz CT molecular complexity index is 388. The van der Waals surface area contributed by atoms with Gasteiger partial charge in [-0.25, -0.2) is 4.39 Å². The van der Waals surface area contributed by atoms with Crippen molar-refractivity contribution in [3.8, 4) is 5.75 Å². The molecule has 16 heavy (non-hydrogen) atoms. The number of aliphatic carboxylic acids is 1. The maximum absolute atomic E-state index is 13.4. The molecule has 0 saturated carbocycles. The lowest BCUT2D eigenvalue weighted by Crippen LogP contribution is -2.01. The molecule has 88 valence electrons. The first-order valence-corrected chi connectivity index (χ1v) is 5.15. The van der Waals surface area contributed by atoms with Crippen molar-refractivity contribution in [2.45, 2.75) is 26.2 Å². The number of carboxylic acids is 1. The molecule has 0 amide bonds. The van der Waals surface area contributed by atoms with E-state index in [1.54, 1.807) is 6.07 Å². The highest BCUT2D eigenvalue weighted by atomic mass is 19.1. The molecule has 0 heterocycles. The van der Waals surface area contributed by atoms with Crippen LogP contribution in [0.2, 0.25) is 0 Å². The predicted molar refractivity (Wildman–Crippen MR) is 58.3 cm³/mol. The van der Waals surface area contributed by atoms with Crippen LogP contribution in [0.5, 0.6) is 5.75 Å². The molecule has 1 aromatic rings. The second-order valence-electron chi connectivity index (χ2n) is 3.50. The van der Waals surface area contributed by atoms with E-state index in [0.717, 1.165) is 5.56 Å². The van der Waals surface area contributed by atoms with E-state index < -0.39 is 5.97 Å². The summed E-state index contributed by atoms with van der Waals surface area (Å²) in [5, 5.41) is 8.60. The molecule has 4 heteroatoms. The van der Waals surface area contributed by atoms with Crippen LogP contribution in [0.4, 0.5) is 4.39 Å². The second-order valence-corrected chi connectivity index (χ2v) is 3.50. The van der Waals surface area contributed by atoms with E-state index in [2.05, 4.69) is 0 Å². The quantitative estimate of drug-likeness (QED) is 0.838. The minimum absolute atomic E-state index is 0.0190. The molecule has 0 unspecified atom stereocenters. The minimum atomic E-state index is -0.871. The molecule has 0 spiro atoms. The van der Waals surface area contributed by atoms with E-state index in [4.69, 9.17) is 9.84 Å². The number of methoxy groups -OCH3 is 1. The van der Waals surface area contributed by atoms with Crippen molar-refractivity contribution in [2.75, 3.05) is 7.11 Å². The fourth-order valence-electron chi connectivity index (χ4n) is 1.55. The summed E-state index contributed by atoms with van der Waals surface area (Å²) in [5.74, 6) is -0.765. The lowest BCUT2D eigenvalue weighted by Gasteiger charge is -2.10. The predicted octanol–water partition coefficient (Wildman–Crippen LogP) is 2.41. The van der Waals surface area contributed by atoms with Crippen LogP contribution in [0.3, 0.4) is 0 Å². The Morgan fingerprint density at radius 1 is 1.44 bits per heavy atom. The maximum atomic E-state index is 13.4. The van der Waals surface area contributed by atoms with E-state index in [0.29, 0.717) is 24.2 Å². The standard InChI is InChI=1S/C12H15FO3/c1-3-8-6-9(4-5-12(14)15)11(16-2)7-10(8)13/h6-7H,3-5H2,1-2H3,(H,14,15). The molecule has 0 aliphatic heterocycles. The second kappa shape index (κ2) is 5.49. The molecule has 3 nitrogen and oxygen atoms in total. The van der Waals surface area contributed by atoms with Crippen LogP contribution in [0, 0.1) is 5.82 Å². The Morgan fingerprint density at radius 2 is 2.12 bits per heavy atom. The van der Waals surface area contributed by atoms with Gasteiger partial charge in [-0.1, -0.05) is 6.92 Å². The molecule has 0 saturated heterocycles. The van der Waals surface area contributed by atoms with Gasteiger partial charge in [0.2, 0.25) is 0 Å². The molecule has 1 aromatic carbocycles.